The summed E-state index contributed by atoms with van der Waals surface area (Å²) in [6.45, 7) is -0.690. The highest BCUT2D eigenvalue weighted by Crippen LogP contribution is 2.46. The number of nitrogens with zero attached hydrogens (tertiary/aromatic N) is 5. The molecule has 0 saturated heterocycles. The maximum atomic E-state index is 15.9. The Labute approximate surface area is 236 Å². The normalized spacial score (nSPS) is 12.7. The van der Waals surface area contributed by atoms with Gasteiger partial charge in [-0.25, -0.2) is 17.9 Å². The van der Waals surface area contributed by atoms with Gasteiger partial charge in [-0.15, -0.1) is 5.10 Å². The van der Waals surface area contributed by atoms with E-state index >= 15 is 8.78 Å². The first-order chi connectivity index (χ1) is 20.1. The Balaban J connectivity index is 1.33. The number of aromatic nitrogens is 5. The number of hydrogen-bond donors (Lipinski definition) is 1. The Kier molecular flexibility index (Phi) is 7.95. The molecule has 2 heterocycles. The molecular weight excluding hydrogens is 557 g/mol. The molecule has 0 aliphatic carbocycles. The number of tetrazole rings is 1. The zero-order valence-corrected chi connectivity index (χ0v) is 21.6. The molecule has 5 rings (SSSR count). The van der Waals surface area contributed by atoms with Crippen LogP contribution >= 0.6 is 0 Å². The zero-order valence-electron chi connectivity index (χ0n) is 21.6. The molecule has 5 aromatic rings. The average molecular weight is 578 g/mol. The molecule has 0 radical (unpaired) electrons. The zero-order chi connectivity index (χ0) is 29.7. The van der Waals surface area contributed by atoms with Gasteiger partial charge in [0.15, 0.2) is 5.60 Å². The van der Waals surface area contributed by atoms with Crippen LogP contribution in [0.1, 0.15) is 27.9 Å². The second-order valence-corrected chi connectivity index (χ2v) is 9.19. The Bertz CT molecular complexity index is 1720. The topological polar surface area (TPSA) is 86.0 Å². The minimum Gasteiger partial charge on any atom is -0.489 e. The predicted octanol–water partition coefficient (Wildman–Crippen LogP) is 5.14. The number of rotatable bonds is 8. The maximum absolute atomic E-state index is 15.9. The van der Waals surface area contributed by atoms with Gasteiger partial charge in [0.1, 0.15) is 41.8 Å². The van der Waals surface area contributed by atoms with E-state index in [0.29, 0.717) is 22.9 Å². The predicted molar refractivity (Wildman–Crippen MR) is 139 cm³/mol. The Morgan fingerprint density at radius 2 is 1.52 bits per heavy atom. The number of benzene rings is 3. The molecule has 0 spiro atoms. The van der Waals surface area contributed by atoms with E-state index in [-0.39, 0.29) is 12.4 Å². The maximum Gasteiger partial charge on any atom is 0.323 e. The molecule has 212 valence electrons. The van der Waals surface area contributed by atoms with Crippen LogP contribution in [0, 0.1) is 29.3 Å². The van der Waals surface area contributed by atoms with Crippen LogP contribution in [0.4, 0.5) is 22.0 Å². The van der Waals surface area contributed by atoms with Crippen molar-refractivity contribution in [2.24, 2.45) is 0 Å². The van der Waals surface area contributed by atoms with E-state index in [1.54, 1.807) is 24.3 Å². The van der Waals surface area contributed by atoms with Gasteiger partial charge >= 0.3 is 5.92 Å². The van der Waals surface area contributed by atoms with Gasteiger partial charge in [0.25, 0.3) is 0 Å². The summed E-state index contributed by atoms with van der Waals surface area (Å²) in [6.07, 6.45) is 2.07. The number of alkyl halides is 2. The van der Waals surface area contributed by atoms with E-state index in [9.17, 15) is 18.3 Å². The standard InChI is InChI=1S/C30H20F5N5O2/c31-23-8-11-25(12-9-23)42-17-22-5-2-20(3-6-22)1-4-21-7-14-28(36-16-21)30(34,35)29(41,18-40-19-37-38-39-40)26-13-10-24(32)15-27(26)33/h2-3,5-16,19,41H,17-18H2. The summed E-state index contributed by atoms with van der Waals surface area (Å²) < 4.78 is 79.3. The summed E-state index contributed by atoms with van der Waals surface area (Å²) in [7, 11) is 0. The molecule has 3 aromatic carbocycles. The molecule has 0 bridgehead atoms. The molecule has 12 heteroatoms. The fourth-order valence-electron chi connectivity index (χ4n) is 4.06. The second kappa shape index (κ2) is 11.8. The smallest absolute Gasteiger partial charge is 0.323 e. The lowest BCUT2D eigenvalue weighted by atomic mass is 9.84. The molecule has 0 fully saturated rings. The van der Waals surface area contributed by atoms with Crippen LogP contribution in [0.25, 0.3) is 0 Å². The fraction of sp³-hybridized carbons (Fsp3) is 0.133. The van der Waals surface area contributed by atoms with Crippen molar-refractivity contribution in [1.82, 2.24) is 25.2 Å². The number of hydrogen-bond acceptors (Lipinski definition) is 6. The molecule has 1 atom stereocenters. The van der Waals surface area contributed by atoms with Gasteiger partial charge in [-0.05, 0) is 76.7 Å². The van der Waals surface area contributed by atoms with E-state index in [2.05, 4.69) is 32.4 Å². The molecule has 0 saturated carbocycles. The van der Waals surface area contributed by atoms with Gasteiger partial charge in [0.05, 0.1) is 6.54 Å². The summed E-state index contributed by atoms with van der Waals surface area (Å²) in [5, 5.41) is 21.4. The third-order valence-electron chi connectivity index (χ3n) is 6.29. The third-order valence-corrected chi connectivity index (χ3v) is 6.29. The molecule has 0 aliphatic rings. The summed E-state index contributed by atoms with van der Waals surface area (Å²) >= 11 is 0. The summed E-state index contributed by atoms with van der Waals surface area (Å²) in [5.74, 6) is -0.645. The first kappa shape index (κ1) is 28.4. The van der Waals surface area contributed by atoms with Gasteiger partial charge < -0.3 is 9.84 Å². The number of pyridine rings is 1. The van der Waals surface area contributed by atoms with Crippen molar-refractivity contribution >= 4 is 0 Å². The minimum atomic E-state index is -4.17. The van der Waals surface area contributed by atoms with Crippen LogP contribution in [0.15, 0.2) is 91.4 Å². The van der Waals surface area contributed by atoms with Crippen molar-refractivity contribution in [3.8, 4) is 17.6 Å². The van der Waals surface area contributed by atoms with E-state index in [0.717, 1.165) is 41.0 Å². The molecule has 2 aromatic heterocycles. The van der Waals surface area contributed by atoms with Gasteiger partial charge in [-0.3, -0.25) is 4.98 Å². The van der Waals surface area contributed by atoms with Gasteiger partial charge in [-0.1, -0.05) is 24.0 Å². The van der Waals surface area contributed by atoms with E-state index in [1.165, 1.54) is 30.3 Å². The van der Waals surface area contributed by atoms with Crippen molar-refractivity contribution in [2.45, 2.75) is 24.7 Å². The Hall–Kier alpha value is -5.15. The van der Waals surface area contributed by atoms with Gasteiger partial charge in [0.2, 0.25) is 0 Å². The van der Waals surface area contributed by atoms with Crippen LogP contribution in [0.3, 0.4) is 0 Å². The largest absolute Gasteiger partial charge is 0.489 e. The lowest BCUT2D eigenvalue weighted by molar-refractivity contribution is -0.207. The van der Waals surface area contributed by atoms with Gasteiger partial charge in [0, 0.05) is 29.0 Å². The molecule has 7 nitrogen and oxygen atoms in total. The average Bonchev–Trinajstić information content (AvgIpc) is 3.49. The van der Waals surface area contributed by atoms with Crippen LogP contribution < -0.4 is 4.74 Å². The highest BCUT2D eigenvalue weighted by atomic mass is 19.3. The first-order valence-electron chi connectivity index (χ1n) is 12.4. The number of halogens is 5. The van der Waals surface area contributed by atoms with E-state index in [1.807, 2.05) is 0 Å². The second-order valence-electron chi connectivity index (χ2n) is 9.19. The lowest BCUT2D eigenvalue weighted by Gasteiger charge is -2.35. The fourth-order valence-corrected chi connectivity index (χ4v) is 4.06. The molecule has 42 heavy (non-hydrogen) atoms. The monoisotopic (exact) mass is 577 g/mol. The quantitative estimate of drug-likeness (QED) is 0.203. The van der Waals surface area contributed by atoms with Crippen molar-refractivity contribution in [3.05, 3.63) is 137 Å². The lowest BCUT2D eigenvalue weighted by Crippen LogP contribution is -2.48. The molecule has 0 aliphatic heterocycles. The van der Waals surface area contributed by atoms with E-state index < -0.39 is 41.0 Å². The van der Waals surface area contributed by atoms with E-state index in [4.69, 9.17) is 4.74 Å². The molecule has 0 amide bonds. The summed E-state index contributed by atoms with van der Waals surface area (Å²) in [5.41, 5.74) is -3.18. The number of ether oxygens (including phenoxy) is 1. The summed E-state index contributed by atoms with van der Waals surface area (Å²) in [6, 6.07) is 16.9. The Morgan fingerprint density at radius 1 is 0.833 bits per heavy atom. The van der Waals surface area contributed by atoms with Crippen LogP contribution in [0.2, 0.25) is 0 Å². The van der Waals surface area contributed by atoms with Crippen LogP contribution in [-0.4, -0.2) is 30.3 Å². The minimum absolute atomic E-state index is 0.264. The van der Waals surface area contributed by atoms with Gasteiger partial charge in [-0.2, -0.15) is 8.78 Å². The highest BCUT2D eigenvalue weighted by Gasteiger charge is 2.58. The van der Waals surface area contributed by atoms with Crippen molar-refractivity contribution in [1.29, 1.82) is 0 Å². The van der Waals surface area contributed by atoms with Crippen molar-refractivity contribution < 1.29 is 31.8 Å². The molecule has 1 unspecified atom stereocenters. The third kappa shape index (κ3) is 6.11. The first-order valence-corrected chi connectivity index (χ1v) is 12.4. The van der Waals surface area contributed by atoms with Crippen molar-refractivity contribution in [3.63, 3.8) is 0 Å². The molecular formula is C30H20F5N5O2. The van der Waals surface area contributed by atoms with Crippen LogP contribution in [0.5, 0.6) is 5.75 Å². The number of aliphatic hydroxyl groups is 1. The van der Waals surface area contributed by atoms with Crippen LogP contribution in [-0.2, 0) is 24.7 Å². The SMILES string of the molecule is OC(Cn1cnnn1)(c1ccc(F)cc1F)C(F)(F)c1ccc(C#Cc2ccc(COc3ccc(F)cc3)cc2)cn1. The Morgan fingerprint density at radius 3 is 2.17 bits per heavy atom. The molecule has 1 N–H and O–H groups in total. The summed E-state index contributed by atoms with van der Waals surface area (Å²) in [4.78, 5) is 3.79. The van der Waals surface area contributed by atoms with Crippen molar-refractivity contribution in [2.75, 3.05) is 0 Å². The highest BCUT2D eigenvalue weighted by molar-refractivity contribution is 5.43.